The summed E-state index contributed by atoms with van der Waals surface area (Å²) in [5.41, 5.74) is 0. The van der Waals surface area contributed by atoms with Crippen LogP contribution in [0.1, 0.15) is 27.7 Å². The summed E-state index contributed by atoms with van der Waals surface area (Å²) in [4.78, 5) is 2.35. The van der Waals surface area contributed by atoms with Crippen LogP contribution in [-0.2, 0) is 0 Å². The van der Waals surface area contributed by atoms with E-state index in [2.05, 4.69) is 45.0 Å². The van der Waals surface area contributed by atoms with Crippen molar-refractivity contribution in [1.29, 1.82) is 0 Å². The van der Waals surface area contributed by atoms with Gasteiger partial charge in [-0.15, -0.1) is 0 Å². The second kappa shape index (κ2) is 5.56. The van der Waals surface area contributed by atoms with Crippen molar-refractivity contribution in [2.75, 3.05) is 20.1 Å². The third-order valence-electron chi connectivity index (χ3n) is 2.44. The summed E-state index contributed by atoms with van der Waals surface area (Å²) in [7, 11) is 2.17. The molecule has 2 nitrogen and oxygen atoms in total. The van der Waals surface area contributed by atoms with Gasteiger partial charge in [-0.1, -0.05) is 13.8 Å². The normalized spacial score (nSPS) is 16.9. The molecule has 68 valence electrons. The zero-order valence-electron chi connectivity index (χ0n) is 8.52. The topological polar surface area (TPSA) is 15.3 Å². The van der Waals surface area contributed by atoms with Crippen molar-refractivity contribution in [3.8, 4) is 0 Å². The number of hydrogen-bond donors (Lipinski definition) is 1. The molecule has 2 heteroatoms. The third kappa shape index (κ3) is 3.73. The Bertz CT molecular complexity index is 93.6. The largest absolute Gasteiger partial charge is 0.313 e. The Hall–Kier alpha value is -0.0800. The molecule has 0 fully saturated rings. The Morgan fingerprint density at radius 2 is 1.82 bits per heavy atom. The van der Waals surface area contributed by atoms with Crippen LogP contribution in [0.4, 0.5) is 0 Å². The van der Waals surface area contributed by atoms with E-state index in [0.717, 1.165) is 13.1 Å². The first-order chi connectivity index (χ1) is 5.13. The van der Waals surface area contributed by atoms with Crippen molar-refractivity contribution < 1.29 is 0 Å². The second-order valence-corrected chi connectivity index (χ2v) is 3.16. The molecule has 0 aromatic rings. The third-order valence-corrected chi connectivity index (χ3v) is 2.44. The summed E-state index contributed by atoms with van der Waals surface area (Å²) < 4.78 is 0. The molecule has 0 aliphatic carbocycles. The molecule has 0 spiro atoms. The molecule has 0 saturated carbocycles. The molecule has 0 amide bonds. The highest BCUT2D eigenvalue weighted by molar-refractivity contribution is 4.74. The highest BCUT2D eigenvalue weighted by Gasteiger charge is 2.13. The minimum atomic E-state index is 0.588. The van der Waals surface area contributed by atoms with Gasteiger partial charge in [0.15, 0.2) is 0 Å². The van der Waals surface area contributed by atoms with Crippen LogP contribution in [0.2, 0.25) is 0 Å². The van der Waals surface area contributed by atoms with Crippen LogP contribution < -0.4 is 5.32 Å². The number of likely N-dealkylation sites (N-methyl/N-ethyl adjacent to an activating group) is 2. The second-order valence-electron chi connectivity index (χ2n) is 3.16. The van der Waals surface area contributed by atoms with Gasteiger partial charge in [0, 0.05) is 12.1 Å². The predicted octanol–water partition coefficient (Wildman–Crippen LogP) is 1.32. The van der Waals surface area contributed by atoms with Gasteiger partial charge in [0.2, 0.25) is 0 Å². The van der Waals surface area contributed by atoms with Crippen LogP contribution in [0.25, 0.3) is 0 Å². The average molecular weight is 158 g/mol. The molecule has 0 radical (unpaired) electrons. The van der Waals surface area contributed by atoms with Gasteiger partial charge in [0.05, 0.1) is 0 Å². The minimum Gasteiger partial charge on any atom is -0.313 e. The van der Waals surface area contributed by atoms with E-state index in [1.165, 1.54) is 0 Å². The average Bonchev–Trinajstić information content (AvgIpc) is 2.02. The lowest BCUT2D eigenvalue weighted by Gasteiger charge is -2.29. The summed E-state index contributed by atoms with van der Waals surface area (Å²) in [6, 6.07) is 1.21. The number of rotatable bonds is 5. The Balaban J connectivity index is 3.70. The summed E-state index contributed by atoms with van der Waals surface area (Å²) >= 11 is 0. The first-order valence-corrected chi connectivity index (χ1v) is 4.57. The van der Waals surface area contributed by atoms with E-state index in [4.69, 9.17) is 0 Å². The van der Waals surface area contributed by atoms with Gasteiger partial charge >= 0.3 is 0 Å². The van der Waals surface area contributed by atoms with Gasteiger partial charge in [-0.25, -0.2) is 0 Å². The summed E-state index contributed by atoms with van der Waals surface area (Å²) in [6.07, 6.45) is 0. The maximum Gasteiger partial charge on any atom is 0.0215 e. The van der Waals surface area contributed by atoms with Crippen molar-refractivity contribution in [3.63, 3.8) is 0 Å². The van der Waals surface area contributed by atoms with E-state index >= 15 is 0 Å². The molecule has 0 bridgehead atoms. The summed E-state index contributed by atoms with van der Waals surface area (Å²) in [5, 5.41) is 3.42. The molecule has 0 rings (SSSR count). The van der Waals surface area contributed by atoms with Gasteiger partial charge < -0.3 is 10.2 Å². The first kappa shape index (κ1) is 10.9. The molecule has 11 heavy (non-hydrogen) atoms. The Morgan fingerprint density at radius 3 is 2.18 bits per heavy atom. The predicted molar refractivity (Wildman–Crippen MR) is 50.9 cm³/mol. The zero-order valence-corrected chi connectivity index (χ0v) is 8.52. The summed E-state index contributed by atoms with van der Waals surface area (Å²) in [6.45, 7) is 11.0. The molecule has 2 atom stereocenters. The van der Waals surface area contributed by atoms with Crippen molar-refractivity contribution >= 4 is 0 Å². The number of nitrogens with one attached hydrogen (secondary N) is 1. The Kier molecular flexibility index (Phi) is 5.51. The van der Waals surface area contributed by atoms with E-state index in [1.807, 2.05) is 0 Å². The van der Waals surface area contributed by atoms with Crippen LogP contribution in [0, 0.1) is 0 Å². The zero-order chi connectivity index (χ0) is 8.85. The highest BCUT2D eigenvalue weighted by atomic mass is 15.1. The van der Waals surface area contributed by atoms with Gasteiger partial charge in [0.1, 0.15) is 0 Å². The molecule has 0 aliphatic rings. The molecule has 0 aromatic heterocycles. The van der Waals surface area contributed by atoms with Crippen molar-refractivity contribution in [2.45, 2.75) is 39.8 Å². The van der Waals surface area contributed by atoms with E-state index in [1.54, 1.807) is 0 Å². The minimum absolute atomic E-state index is 0.588. The van der Waals surface area contributed by atoms with Crippen LogP contribution >= 0.6 is 0 Å². The van der Waals surface area contributed by atoms with E-state index < -0.39 is 0 Å². The fraction of sp³-hybridized carbons (Fsp3) is 1.00. The lowest BCUT2D eigenvalue weighted by atomic mass is 10.1. The maximum atomic E-state index is 3.42. The van der Waals surface area contributed by atoms with Gasteiger partial charge in [-0.05, 0) is 34.0 Å². The summed E-state index contributed by atoms with van der Waals surface area (Å²) in [5.74, 6) is 0. The van der Waals surface area contributed by atoms with Crippen LogP contribution in [-0.4, -0.2) is 37.1 Å². The lowest BCUT2D eigenvalue weighted by Crippen LogP contribution is -2.44. The Labute approximate surface area is 71.0 Å². The van der Waals surface area contributed by atoms with Crippen LogP contribution in [0.15, 0.2) is 0 Å². The molecular weight excluding hydrogens is 136 g/mol. The highest BCUT2D eigenvalue weighted by Crippen LogP contribution is 2.00. The standard InChI is InChI=1S/C9H22N2/c1-6-10-8(3)9(4)11(5)7-2/h8-10H,6-7H2,1-5H3. The maximum absolute atomic E-state index is 3.42. The smallest absolute Gasteiger partial charge is 0.0215 e. The molecular formula is C9H22N2. The molecule has 0 saturated heterocycles. The van der Waals surface area contributed by atoms with E-state index in [0.29, 0.717) is 12.1 Å². The molecule has 0 aliphatic heterocycles. The molecule has 0 aromatic carbocycles. The van der Waals surface area contributed by atoms with Gasteiger partial charge in [-0.2, -0.15) is 0 Å². The van der Waals surface area contributed by atoms with Crippen molar-refractivity contribution in [2.24, 2.45) is 0 Å². The monoisotopic (exact) mass is 158 g/mol. The van der Waals surface area contributed by atoms with Crippen LogP contribution in [0.5, 0.6) is 0 Å². The fourth-order valence-corrected chi connectivity index (χ4v) is 1.16. The fourth-order valence-electron chi connectivity index (χ4n) is 1.16. The first-order valence-electron chi connectivity index (χ1n) is 4.57. The molecule has 1 N–H and O–H groups in total. The molecule has 0 heterocycles. The number of hydrogen-bond acceptors (Lipinski definition) is 2. The molecule has 2 unspecified atom stereocenters. The van der Waals surface area contributed by atoms with E-state index in [-0.39, 0.29) is 0 Å². The van der Waals surface area contributed by atoms with Gasteiger partial charge in [0.25, 0.3) is 0 Å². The van der Waals surface area contributed by atoms with E-state index in [9.17, 15) is 0 Å². The van der Waals surface area contributed by atoms with Gasteiger partial charge in [-0.3, -0.25) is 0 Å². The quantitative estimate of drug-likeness (QED) is 0.649. The Morgan fingerprint density at radius 1 is 1.27 bits per heavy atom. The SMILES string of the molecule is CCNC(C)C(C)N(C)CC. The van der Waals surface area contributed by atoms with Crippen LogP contribution in [0.3, 0.4) is 0 Å². The van der Waals surface area contributed by atoms with Crippen molar-refractivity contribution in [3.05, 3.63) is 0 Å². The lowest BCUT2D eigenvalue weighted by molar-refractivity contribution is 0.225. The number of nitrogens with zero attached hydrogens (tertiary/aromatic N) is 1. The van der Waals surface area contributed by atoms with Crippen molar-refractivity contribution in [1.82, 2.24) is 10.2 Å².